The molecule has 1 aliphatic heterocycles. The maximum atomic E-state index is 13.5. The summed E-state index contributed by atoms with van der Waals surface area (Å²) in [6.45, 7) is 0.193. The van der Waals surface area contributed by atoms with E-state index in [-0.39, 0.29) is 18.9 Å². The molecule has 0 N–H and O–H groups in total. The van der Waals surface area contributed by atoms with Crippen LogP contribution >= 0.6 is 0 Å². The van der Waals surface area contributed by atoms with Crippen LogP contribution in [-0.4, -0.2) is 42.5 Å². The van der Waals surface area contributed by atoms with Crippen LogP contribution in [0.1, 0.15) is 23.5 Å². The van der Waals surface area contributed by atoms with Gasteiger partial charge in [-0.1, -0.05) is 65.8 Å². The van der Waals surface area contributed by atoms with E-state index in [0.29, 0.717) is 0 Å². The van der Waals surface area contributed by atoms with Crippen LogP contribution in [-0.2, 0) is 14.3 Å². The second-order valence-electron chi connectivity index (χ2n) is 6.38. The molecule has 2 aromatic carbocycles. The summed E-state index contributed by atoms with van der Waals surface area (Å²) in [5, 5.41) is 3.71. The van der Waals surface area contributed by atoms with Crippen molar-refractivity contribution in [2.75, 3.05) is 13.7 Å². The fourth-order valence-electron chi connectivity index (χ4n) is 3.51. The average molecular weight is 364 g/mol. The summed E-state index contributed by atoms with van der Waals surface area (Å²) in [4.78, 5) is 30.0. The first-order chi connectivity index (χ1) is 13.2. The van der Waals surface area contributed by atoms with Crippen molar-refractivity contribution in [3.63, 3.8) is 0 Å². The summed E-state index contributed by atoms with van der Waals surface area (Å²) in [6, 6.07) is 17.7. The molecule has 1 amide bonds. The number of likely N-dealkylation sites (tertiary alicyclic amines) is 1. The fourth-order valence-corrected chi connectivity index (χ4v) is 3.51. The molecule has 7 nitrogen and oxygen atoms in total. The number of benzene rings is 2. The van der Waals surface area contributed by atoms with Gasteiger partial charge in [-0.15, -0.1) is 0 Å². The Morgan fingerprint density at radius 1 is 1.11 bits per heavy atom. The molecule has 1 fully saturated rings. The first kappa shape index (κ1) is 18.5. The largest absolute Gasteiger partial charge is 0.467 e. The van der Waals surface area contributed by atoms with Crippen molar-refractivity contribution in [3.05, 3.63) is 82.2 Å². The smallest absolute Gasteiger partial charge is 0.328 e. The van der Waals surface area contributed by atoms with Crippen LogP contribution in [0.5, 0.6) is 0 Å². The lowest BCUT2D eigenvalue weighted by Gasteiger charge is -2.28. The highest BCUT2D eigenvalue weighted by atomic mass is 16.5. The van der Waals surface area contributed by atoms with Gasteiger partial charge in [0.25, 0.3) is 0 Å². The molecule has 1 heterocycles. The van der Waals surface area contributed by atoms with Crippen molar-refractivity contribution < 1.29 is 14.3 Å². The number of carbonyl (C=O) groups is 2. The zero-order valence-electron chi connectivity index (χ0n) is 14.9. The maximum Gasteiger partial charge on any atom is 0.328 e. The Morgan fingerprint density at radius 3 is 2.15 bits per heavy atom. The van der Waals surface area contributed by atoms with E-state index < -0.39 is 24.0 Å². The van der Waals surface area contributed by atoms with Gasteiger partial charge in [0.15, 0.2) is 0 Å². The molecule has 0 aromatic heterocycles. The van der Waals surface area contributed by atoms with E-state index in [1.807, 2.05) is 60.7 Å². The Kier molecular flexibility index (Phi) is 5.74. The predicted octanol–water partition coefficient (Wildman–Crippen LogP) is 3.27. The zero-order chi connectivity index (χ0) is 19.2. The van der Waals surface area contributed by atoms with E-state index in [1.165, 1.54) is 12.0 Å². The number of hydrogen-bond donors (Lipinski definition) is 0. The third kappa shape index (κ3) is 3.93. The summed E-state index contributed by atoms with van der Waals surface area (Å²) >= 11 is 0. The second-order valence-corrected chi connectivity index (χ2v) is 6.38. The van der Waals surface area contributed by atoms with Gasteiger partial charge in [-0.2, -0.15) is 0 Å². The Bertz CT molecular complexity index is 811. The van der Waals surface area contributed by atoms with E-state index in [4.69, 9.17) is 10.3 Å². The fraction of sp³-hybridized carbons (Fsp3) is 0.300. The Morgan fingerprint density at radius 2 is 1.67 bits per heavy atom. The minimum Gasteiger partial charge on any atom is -0.467 e. The van der Waals surface area contributed by atoms with Gasteiger partial charge in [0.05, 0.1) is 19.1 Å². The number of nitrogens with zero attached hydrogens (tertiary/aromatic N) is 4. The van der Waals surface area contributed by atoms with E-state index in [2.05, 4.69) is 10.0 Å². The summed E-state index contributed by atoms with van der Waals surface area (Å²) in [6.07, 6.45) is 0.263. The van der Waals surface area contributed by atoms with Crippen molar-refractivity contribution in [1.82, 2.24) is 4.90 Å². The molecular weight excluding hydrogens is 344 g/mol. The second kappa shape index (κ2) is 8.38. The number of hydrogen-bond acceptors (Lipinski definition) is 4. The van der Waals surface area contributed by atoms with Gasteiger partial charge in [0.1, 0.15) is 6.04 Å². The number of azide groups is 1. The van der Waals surface area contributed by atoms with E-state index >= 15 is 0 Å². The van der Waals surface area contributed by atoms with E-state index in [0.717, 1.165) is 11.1 Å². The van der Waals surface area contributed by atoms with Crippen LogP contribution in [0.2, 0.25) is 0 Å². The molecule has 2 aromatic rings. The van der Waals surface area contributed by atoms with Gasteiger partial charge in [-0.25, -0.2) is 4.79 Å². The lowest BCUT2D eigenvalue weighted by molar-refractivity contribution is -0.151. The Labute approximate surface area is 157 Å². The van der Waals surface area contributed by atoms with Crippen molar-refractivity contribution in [3.8, 4) is 0 Å². The molecule has 0 spiro atoms. The van der Waals surface area contributed by atoms with Crippen molar-refractivity contribution in [2.45, 2.75) is 24.4 Å². The topological polar surface area (TPSA) is 95.4 Å². The standard InChI is InChI=1S/C20H20N4O3/c1-27-20(26)17-12-16(22-23-21)13-24(17)19(25)18(14-8-4-2-5-9-14)15-10-6-3-7-11-15/h2-11,16-18H,12-13H2,1H3/t16-,17+/m1/s1. The van der Waals surface area contributed by atoms with Crippen LogP contribution < -0.4 is 0 Å². The minimum atomic E-state index is -0.757. The van der Waals surface area contributed by atoms with E-state index in [9.17, 15) is 9.59 Å². The van der Waals surface area contributed by atoms with Crippen molar-refractivity contribution >= 4 is 11.9 Å². The van der Waals surface area contributed by atoms with Crippen LogP contribution in [0.15, 0.2) is 65.8 Å². The number of esters is 1. The lowest BCUT2D eigenvalue weighted by atomic mass is 9.90. The lowest BCUT2D eigenvalue weighted by Crippen LogP contribution is -2.43. The molecule has 27 heavy (non-hydrogen) atoms. The molecule has 3 rings (SSSR count). The predicted molar refractivity (Wildman–Crippen MR) is 99.8 cm³/mol. The number of ether oxygens (including phenoxy) is 1. The minimum absolute atomic E-state index is 0.193. The van der Waals surface area contributed by atoms with Crippen LogP contribution in [0, 0.1) is 0 Å². The Hall–Kier alpha value is -3.31. The normalized spacial score (nSPS) is 18.8. The molecular formula is C20H20N4O3. The molecule has 138 valence electrons. The van der Waals surface area contributed by atoms with Gasteiger partial charge in [0, 0.05) is 11.5 Å². The first-order valence-electron chi connectivity index (χ1n) is 8.68. The van der Waals surface area contributed by atoms with Crippen LogP contribution in [0.4, 0.5) is 0 Å². The number of rotatable bonds is 5. The van der Waals surface area contributed by atoms with Crippen molar-refractivity contribution in [2.24, 2.45) is 5.11 Å². The van der Waals surface area contributed by atoms with Gasteiger partial charge >= 0.3 is 5.97 Å². The number of amides is 1. The third-order valence-electron chi connectivity index (χ3n) is 4.76. The molecule has 7 heteroatoms. The summed E-state index contributed by atoms with van der Waals surface area (Å²) in [7, 11) is 1.29. The average Bonchev–Trinajstić information content (AvgIpc) is 3.13. The van der Waals surface area contributed by atoms with E-state index in [1.54, 1.807) is 0 Å². The highest BCUT2D eigenvalue weighted by Crippen LogP contribution is 2.31. The van der Waals surface area contributed by atoms with Crippen LogP contribution in [0.25, 0.3) is 10.4 Å². The highest BCUT2D eigenvalue weighted by molar-refractivity contribution is 5.91. The third-order valence-corrected chi connectivity index (χ3v) is 4.76. The molecule has 0 saturated carbocycles. The summed E-state index contributed by atoms with van der Waals surface area (Å²) in [5.74, 6) is -1.26. The van der Waals surface area contributed by atoms with Gasteiger partial charge < -0.3 is 9.64 Å². The molecule has 2 atom stereocenters. The Balaban J connectivity index is 2.00. The maximum absolute atomic E-state index is 13.5. The molecule has 0 bridgehead atoms. The van der Waals surface area contributed by atoms with Gasteiger partial charge in [-0.3, -0.25) is 4.79 Å². The van der Waals surface area contributed by atoms with Crippen LogP contribution in [0.3, 0.4) is 0 Å². The molecule has 0 aliphatic carbocycles. The molecule has 0 radical (unpaired) electrons. The van der Waals surface area contributed by atoms with Crippen molar-refractivity contribution in [1.29, 1.82) is 0 Å². The number of carbonyl (C=O) groups excluding carboxylic acids is 2. The monoisotopic (exact) mass is 364 g/mol. The summed E-state index contributed by atoms with van der Waals surface area (Å²) < 4.78 is 4.86. The SMILES string of the molecule is COC(=O)[C@@H]1C[C@@H](N=[N+]=[N-])CN1C(=O)C(c1ccccc1)c1ccccc1. The first-order valence-corrected chi connectivity index (χ1v) is 8.68. The molecule has 0 unspecified atom stereocenters. The van der Waals surface area contributed by atoms with Gasteiger partial charge in [0.2, 0.25) is 5.91 Å². The number of methoxy groups -OCH3 is 1. The molecule has 1 aliphatic rings. The molecule has 1 saturated heterocycles. The summed E-state index contributed by atoms with van der Waals surface area (Å²) in [5.41, 5.74) is 10.4. The zero-order valence-corrected chi connectivity index (χ0v) is 14.9. The quantitative estimate of drug-likeness (QED) is 0.352. The highest BCUT2D eigenvalue weighted by Gasteiger charge is 2.42. The van der Waals surface area contributed by atoms with Gasteiger partial charge in [-0.05, 0) is 23.1 Å².